The van der Waals surface area contributed by atoms with Crippen LogP contribution in [0.4, 0.5) is 0 Å². The van der Waals surface area contributed by atoms with Crippen LogP contribution < -0.4 is 5.32 Å². The summed E-state index contributed by atoms with van der Waals surface area (Å²) in [4.78, 5) is 0. The van der Waals surface area contributed by atoms with Crippen molar-refractivity contribution in [2.45, 2.75) is 19.3 Å². The second kappa shape index (κ2) is 11.3. The first-order valence-electron chi connectivity index (χ1n) is 4.60. The van der Waals surface area contributed by atoms with Crippen molar-refractivity contribution in [3.63, 3.8) is 0 Å². The molecule has 74 valence electrons. The van der Waals surface area contributed by atoms with E-state index in [1.165, 1.54) is 25.0 Å². The zero-order valence-electron chi connectivity index (χ0n) is 8.27. The van der Waals surface area contributed by atoms with Crippen LogP contribution in [0.25, 0.3) is 0 Å². The van der Waals surface area contributed by atoms with Crippen LogP contribution in [0.15, 0.2) is 0 Å². The van der Waals surface area contributed by atoms with Gasteiger partial charge in [0, 0.05) is 13.7 Å². The second-order valence-corrected chi connectivity index (χ2v) is 3.78. The molecule has 2 nitrogen and oxygen atoms in total. The molecule has 0 saturated heterocycles. The van der Waals surface area contributed by atoms with Crippen LogP contribution in [0.3, 0.4) is 0 Å². The van der Waals surface area contributed by atoms with E-state index < -0.39 is 0 Å². The van der Waals surface area contributed by atoms with Crippen LogP contribution in [0, 0.1) is 0 Å². The Bertz CT molecular complexity index is 70.9. The van der Waals surface area contributed by atoms with Crippen LogP contribution in [0.1, 0.15) is 19.3 Å². The molecule has 0 aliphatic carbocycles. The number of rotatable bonds is 9. The Hall–Kier alpha value is 0.270. The molecule has 0 aliphatic rings. The maximum Gasteiger partial charge on any atom is 0.0462 e. The molecule has 0 bridgehead atoms. The Balaban J connectivity index is 2.73. The molecular weight excluding hydrogens is 170 g/mol. The summed E-state index contributed by atoms with van der Waals surface area (Å²) >= 11 is 1.91. The molecule has 0 amide bonds. The Labute approximate surface area is 80.4 Å². The van der Waals surface area contributed by atoms with Crippen LogP contribution >= 0.6 is 11.8 Å². The summed E-state index contributed by atoms with van der Waals surface area (Å²) in [5, 5.41) is 3.41. The van der Waals surface area contributed by atoms with Crippen molar-refractivity contribution in [3.8, 4) is 0 Å². The van der Waals surface area contributed by atoms with Crippen LogP contribution in [0.5, 0.6) is 0 Å². The molecule has 0 radical (unpaired) electrons. The van der Waals surface area contributed by atoms with E-state index in [1.807, 2.05) is 11.8 Å². The van der Waals surface area contributed by atoms with E-state index >= 15 is 0 Å². The van der Waals surface area contributed by atoms with Gasteiger partial charge in [-0.05, 0) is 44.4 Å². The lowest BCUT2D eigenvalue weighted by atomic mass is 10.3. The van der Waals surface area contributed by atoms with Gasteiger partial charge in [0.15, 0.2) is 0 Å². The predicted octanol–water partition coefficient (Wildman–Crippen LogP) is 1.76. The number of hydrogen-bond acceptors (Lipinski definition) is 3. The van der Waals surface area contributed by atoms with Crippen molar-refractivity contribution in [2.24, 2.45) is 0 Å². The third-order valence-corrected chi connectivity index (χ3v) is 2.35. The second-order valence-electron chi connectivity index (χ2n) is 2.80. The third-order valence-electron chi connectivity index (χ3n) is 1.65. The first kappa shape index (κ1) is 12.3. The highest BCUT2D eigenvalue weighted by atomic mass is 32.2. The summed E-state index contributed by atoms with van der Waals surface area (Å²) in [6.07, 6.45) is 5.84. The highest BCUT2D eigenvalue weighted by Crippen LogP contribution is 1.93. The number of methoxy groups -OCH3 is 1. The van der Waals surface area contributed by atoms with Gasteiger partial charge >= 0.3 is 0 Å². The van der Waals surface area contributed by atoms with E-state index in [9.17, 15) is 0 Å². The van der Waals surface area contributed by atoms with E-state index in [4.69, 9.17) is 4.74 Å². The van der Waals surface area contributed by atoms with Gasteiger partial charge in [-0.25, -0.2) is 0 Å². The molecule has 0 saturated carbocycles. The maximum atomic E-state index is 4.96. The van der Waals surface area contributed by atoms with Gasteiger partial charge in [-0.1, -0.05) is 0 Å². The summed E-state index contributed by atoms with van der Waals surface area (Å²) in [5.74, 6) is 1.27. The summed E-state index contributed by atoms with van der Waals surface area (Å²) in [7, 11) is 1.76. The highest BCUT2D eigenvalue weighted by Gasteiger charge is 1.88. The number of thioether (sulfide) groups is 1. The van der Waals surface area contributed by atoms with E-state index in [0.29, 0.717) is 0 Å². The molecule has 0 rings (SSSR count). The van der Waals surface area contributed by atoms with Gasteiger partial charge in [0.05, 0.1) is 0 Å². The van der Waals surface area contributed by atoms with Crippen molar-refractivity contribution in [1.82, 2.24) is 5.32 Å². The minimum Gasteiger partial charge on any atom is -0.385 e. The van der Waals surface area contributed by atoms with Gasteiger partial charge < -0.3 is 10.1 Å². The monoisotopic (exact) mass is 191 g/mol. The van der Waals surface area contributed by atoms with Crippen molar-refractivity contribution in [2.75, 3.05) is 38.8 Å². The van der Waals surface area contributed by atoms with Gasteiger partial charge in [-0.15, -0.1) is 0 Å². The van der Waals surface area contributed by atoms with E-state index in [1.54, 1.807) is 7.11 Å². The normalized spacial score (nSPS) is 10.5. The molecular formula is C9H21NOS. The van der Waals surface area contributed by atoms with Crippen LogP contribution in [-0.2, 0) is 4.74 Å². The molecule has 0 aromatic carbocycles. The van der Waals surface area contributed by atoms with Gasteiger partial charge in [0.2, 0.25) is 0 Å². The average Bonchev–Trinajstić information content (AvgIpc) is 2.10. The molecule has 0 heterocycles. The Kier molecular flexibility index (Phi) is 11.5. The lowest BCUT2D eigenvalue weighted by molar-refractivity contribution is 0.192. The molecule has 0 atom stereocenters. The summed E-state index contributed by atoms with van der Waals surface area (Å²) in [5.41, 5.74) is 0. The topological polar surface area (TPSA) is 21.3 Å². The quantitative estimate of drug-likeness (QED) is 0.561. The summed E-state index contributed by atoms with van der Waals surface area (Å²) < 4.78 is 4.96. The number of nitrogens with one attached hydrogen (secondary N) is 1. The smallest absolute Gasteiger partial charge is 0.0462 e. The van der Waals surface area contributed by atoms with E-state index in [-0.39, 0.29) is 0 Å². The first-order chi connectivity index (χ1) is 5.91. The van der Waals surface area contributed by atoms with Crippen LogP contribution in [-0.4, -0.2) is 38.8 Å². The molecule has 1 N–H and O–H groups in total. The minimum atomic E-state index is 0.895. The molecule has 0 unspecified atom stereocenters. The Morgan fingerprint density at radius 1 is 1.17 bits per heavy atom. The Morgan fingerprint density at radius 3 is 2.58 bits per heavy atom. The first-order valence-corrected chi connectivity index (χ1v) is 5.99. The molecule has 12 heavy (non-hydrogen) atoms. The zero-order chi connectivity index (χ0) is 9.07. The standard InChI is InChI=1S/C9H21NOS/c1-11-8-4-3-6-10-7-5-9-12-2/h10H,3-9H2,1-2H3. The van der Waals surface area contributed by atoms with Crippen molar-refractivity contribution in [1.29, 1.82) is 0 Å². The van der Waals surface area contributed by atoms with Gasteiger partial charge in [-0.2, -0.15) is 11.8 Å². The SMILES string of the molecule is COCCCCNCCCSC. The van der Waals surface area contributed by atoms with Crippen molar-refractivity contribution >= 4 is 11.8 Å². The molecule has 0 aliphatic heterocycles. The molecule has 0 fully saturated rings. The molecule has 0 spiro atoms. The molecule has 0 aromatic heterocycles. The number of ether oxygens (including phenoxy) is 1. The largest absolute Gasteiger partial charge is 0.385 e. The van der Waals surface area contributed by atoms with Gasteiger partial charge in [-0.3, -0.25) is 0 Å². The maximum absolute atomic E-state index is 4.96. The zero-order valence-corrected chi connectivity index (χ0v) is 9.08. The van der Waals surface area contributed by atoms with E-state index in [0.717, 1.165) is 19.7 Å². The third kappa shape index (κ3) is 10.3. The van der Waals surface area contributed by atoms with E-state index in [2.05, 4.69) is 11.6 Å². The fourth-order valence-electron chi connectivity index (χ4n) is 0.963. The highest BCUT2D eigenvalue weighted by molar-refractivity contribution is 7.98. The fraction of sp³-hybridized carbons (Fsp3) is 1.00. The Morgan fingerprint density at radius 2 is 1.92 bits per heavy atom. The van der Waals surface area contributed by atoms with Gasteiger partial charge in [0.25, 0.3) is 0 Å². The van der Waals surface area contributed by atoms with Gasteiger partial charge in [0.1, 0.15) is 0 Å². The lowest BCUT2D eigenvalue weighted by Gasteiger charge is -2.03. The van der Waals surface area contributed by atoms with Crippen LogP contribution in [0.2, 0.25) is 0 Å². The summed E-state index contributed by atoms with van der Waals surface area (Å²) in [6, 6.07) is 0. The van der Waals surface area contributed by atoms with Crippen molar-refractivity contribution < 1.29 is 4.74 Å². The number of unbranched alkanes of at least 4 members (excludes halogenated alkanes) is 1. The fourth-order valence-corrected chi connectivity index (χ4v) is 1.40. The number of hydrogen-bond donors (Lipinski definition) is 1. The molecule has 0 aromatic rings. The minimum absolute atomic E-state index is 0.895. The summed E-state index contributed by atoms with van der Waals surface area (Å²) in [6.45, 7) is 3.19. The van der Waals surface area contributed by atoms with Crippen molar-refractivity contribution in [3.05, 3.63) is 0 Å². The predicted molar refractivity (Wildman–Crippen MR) is 57.0 cm³/mol. The lowest BCUT2D eigenvalue weighted by Crippen LogP contribution is -2.17. The molecule has 3 heteroatoms. The average molecular weight is 191 g/mol.